The van der Waals surface area contributed by atoms with Gasteiger partial charge in [0.05, 0.1) is 18.4 Å². The van der Waals surface area contributed by atoms with E-state index in [9.17, 15) is 9.59 Å². The molecule has 182 valence electrons. The third-order valence-electron chi connectivity index (χ3n) is 5.10. The van der Waals surface area contributed by atoms with Crippen molar-refractivity contribution < 1.29 is 23.8 Å². The van der Waals surface area contributed by atoms with Gasteiger partial charge in [0.25, 0.3) is 5.91 Å². The number of fused-ring (bicyclic) bond motifs is 1. The van der Waals surface area contributed by atoms with Crippen molar-refractivity contribution in [3.63, 3.8) is 0 Å². The van der Waals surface area contributed by atoms with Crippen LogP contribution in [0.3, 0.4) is 0 Å². The van der Waals surface area contributed by atoms with Crippen molar-refractivity contribution in [2.24, 2.45) is 5.10 Å². The van der Waals surface area contributed by atoms with Crippen LogP contribution in [0, 0.1) is 0 Å². The lowest BCUT2D eigenvalue weighted by molar-refractivity contribution is -0.123. The van der Waals surface area contributed by atoms with Crippen molar-refractivity contribution in [2.75, 3.05) is 13.2 Å². The van der Waals surface area contributed by atoms with Gasteiger partial charge >= 0.3 is 5.97 Å². The Balaban J connectivity index is 1.48. The average molecular weight is 547 g/mol. The summed E-state index contributed by atoms with van der Waals surface area (Å²) in [5, 5.41) is 5.82. The maximum absolute atomic E-state index is 12.8. The molecule has 0 fully saturated rings. The molecule has 0 heterocycles. The summed E-state index contributed by atoms with van der Waals surface area (Å²) in [6, 6.07) is 25.1. The standard InChI is InChI=1S/C28H23BrN2O5/c1-2-34-22-12-7-20(8-13-22)28(33)36-26-16-9-19-5-3-4-6-24(19)25(26)17-30-31-27(32)18-35-23-14-10-21(29)11-15-23/h3-17H,2,18H2,1H3,(H,31,32)/b30-17+. The Morgan fingerprint density at radius 3 is 2.33 bits per heavy atom. The Hall–Kier alpha value is -4.17. The predicted molar refractivity (Wildman–Crippen MR) is 142 cm³/mol. The number of ether oxygens (including phenoxy) is 3. The highest BCUT2D eigenvalue weighted by Gasteiger charge is 2.14. The van der Waals surface area contributed by atoms with Gasteiger partial charge in [0.2, 0.25) is 0 Å². The highest BCUT2D eigenvalue weighted by Crippen LogP contribution is 2.27. The van der Waals surface area contributed by atoms with Crippen molar-refractivity contribution in [2.45, 2.75) is 6.92 Å². The normalized spacial score (nSPS) is 10.8. The summed E-state index contributed by atoms with van der Waals surface area (Å²) in [7, 11) is 0. The zero-order valence-electron chi connectivity index (χ0n) is 19.4. The van der Waals surface area contributed by atoms with Gasteiger partial charge in [-0.3, -0.25) is 4.79 Å². The fraction of sp³-hybridized carbons (Fsp3) is 0.107. The van der Waals surface area contributed by atoms with Gasteiger partial charge < -0.3 is 14.2 Å². The zero-order valence-corrected chi connectivity index (χ0v) is 21.0. The fourth-order valence-electron chi connectivity index (χ4n) is 3.39. The maximum Gasteiger partial charge on any atom is 0.343 e. The van der Waals surface area contributed by atoms with E-state index < -0.39 is 11.9 Å². The molecular weight excluding hydrogens is 524 g/mol. The second kappa shape index (κ2) is 12.0. The number of amides is 1. The Morgan fingerprint density at radius 2 is 1.58 bits per heavy atom. The third kappa shape index (κ3) is 6.49. The van der Waals surface area contributed by atoms with Crippen LogP contribution >= 0.6 is 15.9 Å². The highest BCUT2D eigenvalue weighted by atomic mass is 79.9. The van der Waals surface area contributed by atoms with Crippen molar-refractivity contribution in [3.8, 4) is 17.2 Å². The van der Waals surface area contributed by atoms with Gasteiger partial charge in [0.15, 0.2) is 6.61 Å². The van der Waals surface area contributed by atoms with Crippen LogP contribution in [0.2, 0.25) is 0 Å². The van der Waals surface area contributed by atoms with E-state index in [4.69, 9.17) is 14.2 Å². The highest BCUT2D eigenvalue weighted by molar-refractivity contribution is 9.10. The van der Waals surface area contributed by atoms with E-state index in [1.165, 1.54) is 6.21 Å². The molecule has 0 radical (unpaired) electrons. The molecule has 0 bridgehead atoms. The van der Waals surface area contributed by atoms with Crippen molar-refractivity contribution in [1.29, 1.82) is 0 Å². The molecule has 0 spiro atoms. The number of esters is 1. The molecule has 0 aromatic heterocycles. The van der Waals surface area contributed by atoms with E-state index in [1.54, 1.807) is 42.5 Å². The van der Waals surface area contributed by atoms with Gasteiger partial charge in [-0.25, -0.2) is 10.2 Å². The molecule has 8 heteroatoms. The summed E-state index contributed by atoms with van der Waals surface area (Å²) in [6.07, 6.45) is 1.46. The van der Waals surface area contributed by atoms with E-state index in [1.807, 2.05) is 49.4 Å². The van der Waals surface area contributed by atoms with Crippen LogP contribution in [0.5, 0.6) is 17.2 Å². The van der Waals surface area contributed by atoms with Crippen LogP contribution in [0.1, 0.15) is 22.8 Å². The summed E-state index contributed by atoms with van der Waals surface area (Å²) in [5.74, 6) is 0.608. The topological polar surface area (TPSA) is 86.2 Å². The van der Waals surface area contributed by atoms with Crippen molar-refractivity contribution >= 4 is 44.8 Å². The lowest BCUT2D eigenvalue weighted by atomic mass is 10.0. The van der Waals surface area contributed by atoms with Gasteiger partial charge in [0, 0.05) is 10.0 Å². The lowest BCUT2D eigenvalue weighted by Gasteiger charge is -2.11. The van der Waals surface area contributed by atoms with Crippen LogP contribution in [0.15, 0.2) is 94.5 Å². The minimum Gasteiger partial charge on any atom is -0.494 e. The van der Waals surface area contributed by atoms with Gasteiger partial charge in [-0.15, -0.1) is 0 Å². The molecule has 0 unspecified atom stereocenters. The monoisotopic (exact) mass is 546 g/mol. The number of benzene rings is 4. The number of hydrazone groups is 1. The summed E-state index contributed by atoms with van der Waals surface area (Å²) in [6.45, 7) is 2.23. The van der Waals surface area contributed by atoms with E-state index >= 15 is 0 Å². The van der Waals surface area contributed by atoms with Crippen LogP contribution in [0.25, 0.3) is 10.8 Å². The van der Waals surface area contributed by atoms with Crippen molar-refractivity contribution in [1.82, 2.24) is 5.43 Å². The molecule has 1 amide bonds. The van der Waals surface area contributed by atoms with E-state index in [2.05, 4.69) is 26.5 Å². The molecule has 4 aromatic carbocycles. The van der Waals surface area contributed by atoms with Gasteiger partial charge in [-0.1, -0.05) is 46.3 Å². The number of halogens is 1. The summed E-state index contributed by atoms with van der Waals surface area (Å²) in [5.41, 5.74) is 3.39. The zero-order chi connectivity index (χ0) is 25.3. The SMILES string of the molecule is CCOc1ccc(C(=O)Oc2ccc3ccccc3c2/C=N/NC(=O)COc2ccc(Br)cc2)cc1. The molecule has 1 N–H and O–H groups in total. The second-order valence-electron chi connectivity index (χ2n) is 7.58. The van der Waals surface area contributed by atoms with Crippen molar-refractivity contribution in [3.05, 3.63) is 101 Å². The lowest BCUT2D eigenvalue weighted by Crippen LogP contribution is -2.24. The summed E-state index contributed by atoms with van der Waals surface area (Å²) < 4.78 is 17.5. The molecule has 4 rings (SSSR count). The number of carbonyl (C=O) groups excluding carboxylic acids is 2. The fourth-order valence-corrected chi connectivity index (χ4v) is 3.66. The largest absolute Gasteiger partial charge is 0.494 e. The van der Waals surface area contributed by atoms with Gasteiger partial charge in [-0.05, 0) is 72.3 Å². The van der Waals surface area contributed by atoms with E-state index in [0.29, 0.717) is 35.0 Å². The first-order valence-corrected chi connectivity index (χ1v) is 12.0. The average Bonchev–Trinajstić information content (AvgIpc) is 2.90. The molecule has 0 aliphatic rings. The number of nitrogens with zero attached hydrogens (tertiary/aromatic N) is 1. The molecule has 7 nitrogen and oxygen atoms in total. The Labute approximate surface area is 216 Å². The molecule has 0 aliphatic carbocycles. The predicted octanol–water partition coefficient (Wildman–Crippen LogP) is 5.75. The van der Waals surface area contributed by atoms with Crippen LogP contribution < -0.4 is 19.6 Å². The van der Waals surface area contributed by atoms with E-state index in [-0.39, 0.29) is 6.61 Å². The number of hydrogen-bond donors (Lipinski definition) is 1. The van der Waals surface area contributed by atoms with E-state index in [0.717, 1.165) is 15.2 Å². The first-order valence-electron chi connectivity index (χ1n) is 11.2. The Kier molecular flexibility index (Phi) is 8.31. The third-order valence-corrected chi connectivity index (χ3v) is 5.63. The number of carbonyl (C=O) groups is 2. The molecule has 0 atom stereocenters. The Morgan fingerprint density at radius 1 is 0.889 bits per heavy atom. The minimum absolute atomic E-state index is 0.200. The number of rotatable bonds is 9. The molecular formula is C28H23BrN2O5. The van der Waals surface area contributed by atoms with Crippen LogP contribution in [-0.2, 0) is 4.79 Å². The molecule has 0 saturated carbocycles. The van der Waals surface area contributed by atoms with Gasteiger partial charge in [0.1, 0.15) is 17.2 Å². The quantitative estimate of drug-likeness (QED) is 0.125. The minimum atomic E-state index is -0.519. The molecule has 4 aromatic rings. The first kappa shape index (κ1) is 24.9. The number of nitrogens with one attached hydrogen (secondary N) is 1. The van der Waals surface area contributed by atoms with Gasteiger partial charge in [-0.2, -0.15) is 5.10 Å². The van der Waals surface area contributed by atoms with Crippen LogP contribution in [-0.4, -0.2) is 31.3 Å². The second-order valence-corrected chi connectivity index (χ2v) is 8.50. The molecule has 0 aliphatic heterocycles. The summed E-state index contributed by atoms with van der Waals surface area (Å²) >= 11 is 3.35. The molecule has 0 saturated heterocycles. The maximum atomic E-state index is 12.8. The molecule has 36 heavy (non-hydrogen) atoms. The first-order chi connectivity index (χ1) is 17.5. The summed E-state index contributed by atoms with van der Waals surface area (Å²) in [4.78, 5) is 25.0. The number of hydrogen-bond acceptors (Lipinski definition) is 6. The smallest absolute Gasteiger partial charge is 0.343 e. The van der Waals surface area contributed by atoms with Crippen LogP contribution in [0.4, 0.5) is 0 Å². The Bertz CT molecular complexity index is 1390.